The van der Waals surface area contributed by atoms with E-state index < -0.39 is 12.0 Å². The van der Waals surface area contributed by atoms with Crippen LogP contribution < -0.4 is 14.8 Å². The van der Waals surface area contributed by atoms with Gasteiger partial charge in [0.15, 0.2) is 16.6 Å². The molecule has 3 aromatic rings. The van der Waals surface area contributed by atoms with Gasteiger partial charge in [0.25, 0.3) is 5.82 Å². The summed E-state index contributed by atoms with van der Waals surface area (Å²) in [6, 6.07) is 3.59. The number of nitrogens with one attached hydrogen (secondary N) is 1. The minimum Gasteiger partial charge on any atom is -0.454 e. The van der Waals surface area contributed by atoms with Crippen molar-refractivity contribution in [2.75, 3.05) is 12.1 Å². The summed E-state index contributed by atoms with van der Waals surface area (Å²) in [4.78, 5) is 7.88. The number of hydrogen-bond acceptors (Lipinski definition) is 7. The second-order valence-electron chi connectivity index (χ2n) is 5.02. The second kappa shape index (κ2) is 5.23. The second-order valence-corrected chi connectivity index (χ2v) is 6.05. The summed E-state index contributed by atoms with van der Waals surface area (Å²) in [5.41, 5.74) is 0.723. The summed E-state index contributed by atoms with van der Waals surface area (Å²) >= 11 is 1.36. The van der Waals surface area contributed by atoms with E-state index in [9.17, 15) is 13.2 Å². The molecule has 0 fully saturated rings. The van der Waals surface area contributed by atoms with E-state index in [1.165, 1.54) is 18.4 Å². The SMILES string of the molecule is Cn1nc(C(F)(F)F)nc1CNc1nc2cc3c(cc2s1)OCO3. The standard InChI is InChI=1S/C13H10F3N5O2S/c1-21-10(19-11(20-21)13(14,15)16)4-17-12-18-6-2-7-8(23-5-22-7)3-9(6)24-12/h2-3H,4-5H2,1H3,(H,17,18). The van der Waals surface area contributed by atoms with Gasteiger partial charge >= 0.3 is 6.18 Å². The molecular formula is C13H10F3N5O2S. The van der Waals surface area contributed by atoms with E-state index in [1.807, 2.05) is 6.07 Å². The van der Waals surface area contributed by atoms with Gasteiger partial charge in [-0.05, 0) is 0 Å². The van der Waals surface area contributed by atoms with Gasteiger partial charge in [0, 0.05) is 19.2 Å². The highest BCUT2D eigenvalue weighted by Gasteiger charge is 2.36. The molecule has 4 rings (SSSR count). The Morgan fingerprint density at radius 2 is 2.00 bits per heavy atom. The van der Waals surface area contributed by atoms with Crippen molar-refractivity contribution in [1.29, 1.82) is 0 Å². The van der Waals surface area contributed by atoms with Crippen LogP contribution in [0.3, 0.4) is 0 Å². The molecule has 0 saturated carbocycles. The van der Waals surface area contributed by atoms with Crippen LogP contribution in [0.15, 0.2) is 12.1 Å². The maximum atomic E-state index is 12.6. The van der Waals surface area contributed by atoms with E-state index in [1.54, 1.807) is 6.07 Å². The zero-order chi connectivity index (χ0) is 16.9. The third-order valence-corrected chi connectivity index (χ3v) is 4.36. The van der Waals surface area contributed by atoms with Gasteiger partial charge in [0.1, 0.15) is 5.82 Å². The van der Waals surface area contributed by atoms with Gasteiger partial charge in [-0.25, -0.2) is 9.97 Å². The maximum absolute atomic E-state index is 12.6. The van der Waals surface area contributed by atoms with Crippen molar-refractivity contribution in [1.82, 2.24) is 19.7 Å². The molecule has 24 heavy (non-hydrogen) atoms. The summed E-state index contributed by atoms with van der Waals surface area (Å²) in [5, 5.41) is 6.90. The summed E-state index contributed by atoms with van der Waals surface area (Å²) < 4.78 is 50.4. The number of nitrogens with zero attached hydrogens (tertiary/aromatic N) is 4. The van der Waals surface area contributed by atoms with E-state index in [4.69, 9.17) is 9.47 Å². The first-order chi connectivity index (χ1) is 11.4. The van der Waals surface area contributed by atoms with Crippen molar-refractivity contribution in [2.24, 2.45) is 7.05 Å². The highest BCUT2D eigenvalue weighted by atomic mass is 32.1. The molecule has 0 bridgehead atoms. The first-order valence-corrected chi connectivity index (χ1v) is 7.63. The van der Waals surface area contributed by atoms with Gasteiger partial charge in [-0.2, -0.15) is 13.2 Å². The van der Waals surface area contributed by atoms with Gasteiger partial charge in [0.05, 0.1) is 16.8 Å². The number of ether oxygens (including phenoxy) is 2. The van der Waals surface area contributed by atoms with Crippen molar-refractivity contribution in [2.45, 2.75) is 12.7 Å². The lowest BCUT2D eigenvalue weighted by atomic mass is 10.3. The number of fused-ring (bicyclic) bond motifs is 2. The van der Waals surface area contributed by atoms with Gasteiger partial charge in [-0.1, -0.05) is 11.3 Å². The van der Waals surface area contributed by atoms with Crippen LogP contribution in [0.2, 0.25) is 0 Å². The Kier molecular flexibility index (Phi) is 3.27. The zero-order valence-electron chi connectivity index (χ0n) is 12.2. The number of alkyl halides is 3. The number of aromatic nitrogens is 4. The molecule has 2 aromatic heterocycles. The summed E-state index contributed by atoms with van der Waals surface area (Å²) in [6.07, 6.45) is -4.56. The largest absolute Gasteiger partial charge is 0.454 e. The molecule has 1 aromatic carbocycles. The number of halogens is 3. The smallest absolute Gasteiger partial charge is 0.453 e. The van der Waals surface area contributed by atoms with Crippen LogP contribution in [0.4, 0.5) is 18.3 Å². The topological polar surface area (TPSA) is 74.1 Å². The van der Waals surface area contributed by atoms with E-state index >= 15 is 0 Å². The molecule has 0 saturated heterocycles. The van der Waals surface area contributed by atoms with Gasteiger partial charge in [0.2, 0.25) is 6.79 Å². The number of benzene rings is 1. The third-order valence-electron chi connectivity index (χ3n) is 3.39. The van der Waals surface area contributed by atoms with Crippen LogP contribution in [0, 0.1) is 0 Å². The van der Waals surface area contributed by atoms with Crippen LogP contribution in [-0.4, -0.2) is 26.5 Å². The van der Waals surface area contributed by atoms with Gasteiger partial charge < -0.3 is 14.8 Å². The van der Waals surface area contributed by atoms with Crippen molar-refractivity contribution in [3.8, 4) is 11.5 Å². The molecule has 1 N–H and O–H groups in total. The summed E-state index contributed by atoms with van der Waals surface area (Å²) in [7, 11) is 1.41. The fourth-order valence-corrected chi connectivity index (χ4v) is 3.11. The Hall–Kier alpha value is -2.56. The van der Waals surface area contributed by atoms with Crippen LogP contribution >= 0.6 is 11.3 Å². The Bertz CT molecular complexity index is 879. The summed E-state index contributed by atoms with van der Waals surface area (Å²) in [6.45, 7) is 0.261. The minimum absolute atomic E-state index is 0.0755. The number of rotatable bonds is 3. The lowest BCUT2D eigenvalue weighted by Crippen LogP contribution is -2.08. The Balaban J connectivity index is 1.54. The average Bonchev–Trinajstić information content (AvgIpc) is 3.19. The highest BCUT2D eigenvalue weighted by Crippen LogP contribution is 2.39. The molecule has 7 nitrogen and oxygen atoms in total. The van der Waals surface area contributed by atoms with Crippen molar-refractivity contribution in [3.05, 3.63) is 23.8 Å². The van der Waals surface area contributed by atoms with E-state index in [2.05, 4.69) is 20.4 Å². The maximum Gasteiger partial charge on any atom is 0.453 e. The third kappa shape index (κ3) is 2.60. The predicted octanol–water partition coefficient (Wildman–Crippen LogP) is 2.78. The average molecular weight is 357 g/mol. The number of anilines is 1. The minimum atomic E-state index is -4.56. The normalized spacial score (nSPS) is 13.7. The van der Waals surface area contributed by atoms with Crippen LogP contribution in [-0.2, 0) is 19.8 Å². The molecule has 0 atom stereocenters. The monoisotopic (exact) mass is 357 g/mol. The molecule has 0 spiro atoms. The quantitative estimate of drug-likeness (QED) is 0.777. The molecule has 11 heteroatoms. The van der Waals surface area contributed by atoms with Crippen molar-refractivity contribution >= 4 is 26.7 Å². The van der Waals surface area contributed by atoms with Crippen molar-refractivity contribution in [3.63, 3.8) is 0 Å². The Labute approximate surface area is 137 Å². The molecule has 0 amide bonds. The summed E-state index contributed by atoms with van der Waals surface area (Å²) in [5.74, 6) is 0.288. The molecule has 3 heterocycles. The Morgan fingerprint density at radius 3 is 2.71 bits per heavy atom. The number of hydrogen-bond donors (Lipinski definition) is 1. The lowest BCUT2D eigenvalue weighted by molar-refractivity contribution is -0.145. The molecule has 0 radical (unpaired) electrons. The molecule has 0 aliphatic carbocycles. The molecule has 1 aliphatic rings. The molecule has 0 unspecified atom stereocenters. The van der Waals surface area contributed by atoms with Gasteiger partial charge in [-0.15, -0.1) is 5.10 Å². The van der Waals surface area contributed by atoms with Crippen molar-refractivity contribution < 1.29 is 22.6 Å². The lowest BCUT2D eigenvalue weighted by Gasteiger charge is -2.00. The fraction of sp³-hybridized carbons (Fsp3) is 0.308. The van der Waals surface area contributed by atoms with Crippen LogP contribution in [0.25, 0.3) is 10.2 Å². The molecular weight excluding hydrogens is 347 g/mol. The first kappa shape index (κ1) is 15.0. The number of thiazole rings is 1. The fourth-order valence-electron chi connectivity index (χ4n) is 2.24. The van der Waals surface area contributed by atoms with E-state index in [0.717, 1.165) is 14.9 Å². The Morgan fingerprint density at radius 1 is 1.25 bits per heavy atom. The highest BCUT2D eigenvalue weighted by molar-refractivity contribution is 7.22. The first-order valence-electron chi connectivity index (χ1n) is 6.81. The van der Waals surface area contributed by atoms with E-state index in [-0.39, 0.29) is 19.2 Å². The van der Waals surface area contributed by atoms with E-state index in [0.29, 0.717) is 16.6 Å². The number of aryl methyl sites for hydroxylation is 1. The molecule has 126 valence electrons. The molecule has 1 aliphatic heterocycles. The van der Waals surface area contributed by atoms with Gasteiger partial charge in [-0.3, -0.25) is 4.68 Å². The van der Waals surface area contributed by atoms with Crippen LogP contribution in [0.1, 0.15) is 11.6 Å². The van der Waals surface area contributed by atoms with Crippen LogP contribution in [0.5, 0.6) is 11.5 Å². The predicted molar refractivity (Wildman–Crippen MR) is 79.1 cm³/mol. The zero-order valence-corrected chi connectivity index (χ0v) is 13.0.